The number of halogens is 1. The van der Waals surface area contributed by atoms with E-state index < -0.39 is 26.3 Å². The van der Waals surface area contributed by atoms with E-state index >= 15 is 0 Å². The fraction of sp³-hybridized carbons (Fsp3) is 0.167. The number of rotatable bonds is 4. The molecule has 1 aromatic rings. The van der Waals surface area contributed by atoms with Gasteiger partial charge in [-0.25, -0.2) is 0 Å². The lowest BCUT2D eigenvalue weighted by Crippen LogP contribution is -2.30. The van der Waals surface area contributed by atoms with Crippen LogP contribution in [0.5, 0.6) is 0 Å². The summed E-state index contributed by atoms with van der Waals surface area (Å²) in [5.41, 5.74) is 0.903. The fourth-order valence-corrected chi connectivity index (χ4v) is 3.16. The van der Waals surface area contributed by atoms with Crippen LogP contribution in [0.1, 0.15) is 12.0 Å². The van der Waals surface area contributed by atoms with Gasteiger partial charge in [-0.2, -0.15) is 12.7 Å². The van der Waals surface area contributed by atoms with Crippen LogP contribution in [0.15, 0.2) is 34.7 Å². The molecule has 0 atom stereocenters. The van der Waals surface area contributed by atoms with E-state index in [0.29, 0.717) is 10.7 Å². The van der Waals surface area contributed by atoms with E-state index in [0.717, 1.165) is 11.6 Å². The largest absolute Gasteiger partial charge is 0.481 e. The highest BCUT2D eigenvalue weighted by Crippen LogP contribution is 2.30. The zero-order valence-electron chi connectivity index (χ0n) is 10.1. The average molecular weight is 316 g/mol. The van der Waals surface area contributed by atoms with Gasteiger partial charge in [-0.15, -0.1) is 0 Å². The van der Waals surface area contributed by atoms with Crippen molar-refractivity contribution in [3.05, 3.63) is 40.3 Å². The van der Waals surface area contributed by atoms with Gasteiger partial charge in [-0.3, -0.25) is 9.59 Å². The third-order valence-electron chi connectivity index (χ3n) is 2.72. The molecule has 0 bridgehead atoms. The van der Waals surface area contributed by atoms with Gasteiger partial charge >= 0.3 is 5.97 Å². The number of anilines is 1. The number of nitrogens with zero attached hydrogens (tertiary/aromatic N) is 1. The Labute approximate surface area is 120 Å². The molecule has 0 fully saturated rings. The molecule has 1 aliphatic heterocycles. The minimum absolute atomic E-state index is 0.0202. The van der Waals surface area contributed by atoms with Gasteiger partial charge in [0.15, 0.2) is 4.36 Å². The highest BCUT2D eigenvalue weighted by molar-refractivity contribution is 7.99. The van der Waals surface area contributed by atoms with Gasteiger partial charge in [0.25, 0.3) is 15.9 Å². The standard InChI is InChI=1S/C12H10ClNO5S/c13-10-7-11(15)14(20(10,18)19)9-4-1-8(2-5-9)3-6-12(16)17/h1-2,4-5,7H,3,6H2,(H,16,17). The second-order valence-corrected chi connectivity index (χ2v) is 6.50. The molecule has 20 heavy (non-hydrogen) atoms. The molecule has 1 aliphatic rings. The molecule has 106 valence electrons. The lowest BCUT2D eigenvalue weighted by Gasteiger charge is -2.15. The molecule has 1 heterocycles. The van der Waals surface area contributed by atoms with Crippen molar-refractivity contribution in [2.45, 2.75) is 12.8 Å². The summed E-state index contributed by atoms with van der Waals surface area (Å²) in [5, 5.41) is 8.58. The highest BCUT2D eigenvalue weighted by Gasteiger charge is 2.37. The summed E-state index contributed by atoms with van der Waals surface area (Å²) < 4.78 is 23.8. The number of aryl methyl sites for hydroxylation is 1. The summed E-state index contributed by atoms with van der Waals surface area (Å²) in [5.74, 6) is -1.64. The Kier molecular flexibility index (Phi) is 3.82. The maximum atomic E-state index is 11.8. The Hall–Kier alpha value is -1.86. The van der Waals surface area contributed by atoms with Crippen LogP contribution < -0.4 is 4.31 Å². The fourth-order valence-electron chi connectivity index (χ4n) is 1.75. The van der Waals surface area contributed by atoms with Crippen molar-refractivity contribution in [3.63, 3.8) is 0 Å². The number of sulfonamides is 1. The molecule has 1 amide bonds. The molecular weight excluding hydrogens is 306 g/mol. The number of carboxylic acid groups (broad SMARTS) is 1. The van der Waals surface area contributed by atoms with Crippen LogP contribution in [-0.4, -0.2) is 25.4 Å². The van der Waals surface area contributed by atoms with Crippen molar-refractivity contribution in [3.8, 4) is 0 Å². The van der Waals surface area contributed by atoms with Crippen LogP contribution in [0.4, 0.5) is 5.69 Å². The number of carboxylic acids is 1. The van der Waals surface area contributed by atoms with E-state index in [1.807, 2.05) is 0 Å². The lowest BCUT2D eigenvalue weighted by molar-refractivity contribution is -0.137. The van der Waals surface area contributed by atoms with Crippen LogP contribution in [0.3, 0.4) is 0 Å². The minimum Gasteiger partial charge on any atom is -0.481 e. The Balaban J connectivity index is 2.23. The van der Waals surface area contributed by atoms with Gasteiger partial charge in [-0.1, -0.05) is 23.7 Å². The van der Waals surface area contributed by atoms with E-state index in [9.17, 15) is 18.0 Å². The predicted molar refractivity (Wildman–Crippen MR) is 72.7 cm³/mol. The maximum absolute atomic E-state index is 11.8. The van der Waals surface area contributed by atoms with E-state index in [1.54, 1.807) is 12.1 Å². The Bertz CT molecular complexity index is 693. The summed E-state index contributed by atoms with van der Waals surface area (Å²) in [6, 6.07) is 6.03. The van der Waals surface area contributed by atoms with E-state index in [1.165, 1.54) is 12.1 Å². The van der Waals surface area contributed by atoms with Crippen LogP contribution in [0.2, 0.25) is 0 Å². The van der Waals surface area contributed by atoms with E-state index in [4.69, 9.17) is 16.7 Å². The van der Waals surface area contributed by atoms with Gasteiger partial charge in [-0.05, 0) is 24.1 Å². The monoisotopic (exact) mass is 315 g/mol. The smallest absolute Gasteiger partial charge is 0.303 e. The molecule has 0 unspecified atom stereocenters. The Morgan fingerprint density at radius 1 is 1.25 bits per heavy atom. The second kappa shape index (κ2) is 5.26. The molecule has 0 radical (unpaired) electrons. The first-order chi connectivity index (χ1) is 9.32. The molecule has 0 aliphatic carbocycles. The predicted octanol–water partition coefficient (Wildman–Crippen LogP) is 1.46. The quantitative estimate of drug-likeness (QED) is 0.908. The number of carbonyl (C=O) groups excluding carboxylic acids is 1. The number of benzene rings is 1. The maximum Gasteiger partial charge on any atom is 0.303 e. The first kappa shape index (κ1) is 14.5. The van der Waals surface area contributed by atoms with Crippen molar-refractivity contribution in [1.82, 2.24) is 0 Å². The molecule has 0 saturated carbocycles. The number of hydrogen-bond donors (Lipinski definition) is 1. The molecule has 6 nitrogen and oxygen atoms in total. The van der Waals surface area contributed by atoms with Crippen LogP contribution in [-0.2, 0) is 26.0 Å². The molecular formula is C12H10ClNO5S. The summed E-state index contributed by atoms with van der Waals surface area (Å²) in [6.45, 7) is 0. The normalized spacial score (nSPS) is 17.1. The van der Waals surface area contributed by atoms with Crippen molar-refractivity contribution >= 4 is 39.2 Å². The first-order valence-electron chi connectivity index (χ1n) is 5.59. The summed E-state index contributed by atoms with van der Waals surface area (Å²) in [6.07, 6.45) is 1.15. The van der Waals surface area contributed by atoms with Gasteiger partial charge in [0, 0.05) is 12.5 Å². The lowest BCUT2D eigenvalue weighted by atomic mass is 10.1. The third kappa shape index (κ3) is 2.68. The van der Waals surface area contributed by atoms with Crippen molar-refractivity contribution in [2.75, 3.05) is 4.31 Å². The first-order valence-corrected chi connectivity index (χ1v) is 7.41. The number of amides is 1. The number of hydrogen-bond acceptors (Lipinski definition) is 4. The highest BCUT2D eigenvalue weighted by atomic mass is 35.5. The minimum atomic E-state index is -3.99. The Morgan fingerprint density at radius 2 is 1.85 bits per heavy atom. The average Bonchev–Trinajstić information content (AvgIpc) is 2.57. The van der Waals surface area contributed by atoms with Crippen LogP contribution in [0, 0.1) is 0 Å². The van der Waals surface area contributed by atoms with Crippen molar-refractivity contribution in [2.24, 2.45) is 0 Å². The second-order valence-electron chi connectivity index (χ2n) is 4.12. The molecule has 1 aromatic carbocycles. The molecule has 0 saturated heterocycles. The van der Waals surface area contributed by atoms with E-state index in [-0.39, 0.29) is 12.1 Å². The summed E-state index contributed by atoms with van der Waals surface area (Å²) in [7, 11) is -3.99. The molecule has 1 N–H and O–H groups in total. The van der Waals surface area contributed by atoms with Gasteiger partial charge < -0.3 is 5.11 Å². The van der Waals surface area contributed by atoms with E-state index in [2.05, 4.69) is 0 Å². The number of aliphatic carboxylic acids is 1. The molecule has 2 rings (SSSR count). The zero-order valence-corrected chi connectivity index (χ0v) is 11.7. The number of carbonyl (C=O) groups is 2. The SMILES string of the molecule is O=C(O)CCc1ccc(N2C(=O)C=C(Cl)S2(=O)=O)cc1. The van der Waals surface area contributed by atoms with Crippen LogP contribution >= 0.6 is 11.6 Å². The summed E-state index contributed by atoms with van der Waals surface area (Å²) >= 11 is 5.50. The van der Waals surface area contributed by atoms with Gasteiger partial charge in [0.2, 0.25) is 0 Å². The summed E-state index contributed by atoms with van der Waals surface area (Å²) in [4.78, 5) is 22.1. The molecule has 0 spiro atoms. The topological polar surface area (TPSA) is 91.8 Å². The zero-order chi connectivity index (χ0) is 14.9. The van der Waals surface area contributed by atoms with Gasteiger partial charge in [0.05, 0.1) is 5.69 Å². The third-order valence-corrected chi connectivity index (χ3v) is 4.90. The van der Waals surface area contributed by atoms with Crippen molar-refractivity contribution in [1.29, 1.82) is 0 Å². The molecule has 0 aromatic heterocycles. The van der Waals surface area contributed by atoms with Crippen LogP contribution in [0.25, 0.3) is 0 Å². The molecule has 8 heteroatoms. The van der Waals surface area contributed by atoms with Gasteiger partial charge in [0.1, 0.15) is 0 Å². The Morgan fingerprint density at radius 3 is 2.30 bits per heavy atom. The van der Waals surface area contributed by atoms with Crippen molar-refractivity contribution < 1.29 is 23.1 Å².